The molecule has 1 aliphatic heterocycles. The number of amides is 1. The Morgan fingerprint density at radius 2 is 1.85 bits per heavy atom. The van der Waals surface area contributed by atoms with Gasteiger partial charge in [-0.05, 0) is 25.0 Å². The smallest absolute Gasteiger partial charge is 0.385 e. The van der Waals surface area contributed by atoms with Crippen molar-refractivity contribution in [3.63, 3.8) is 0 Å². The molecule has 1 aliphatic rings. The van der Waals surface area contributed by atoms with Gasteiger partial charge in [-0.2, -0.15) is 18.3 Å². The van der Waals surface area contributed by atoms with Crippen LogP contribution in [0, 0.1) is 11.6 Å². The number of fused-ring (bicyclic) bond motifs is 2. The molecule has 1 N–H and O–H groups in total. The van der Waals surface area contributed by atoms with Crippen molar-refractivity contribution >= 4 is 22.5 Å². The minimum atomic E-state index is -4.65. The molecule has 14 heteroatoms. The maximum absolute atomic E-state index is 14.2. The molecule has 0 unspecified atom stereocenters. The molecule has 0 bridgehead atoms. The van der Waals surface area contributed by atoms with E-state index in [0.717, 1.165) is 10.6 Å². The Morgan fingerprint density at radius 3 is 2.55 bits per heavy atom. The number of carbonyl (C=O) groups excluding carboxylic acids is 1. The zero-order chi connectivity index (χ0) is 28.2. The molecule has 0 spiro atoms. The SMILES string of the molecule is O=C(c1cc2c(cn1)c(-c1cnc3c(F)cc(F)cn13)nn2CC(F)(F)F)N1CCC(O)(c2cccnc2)CC1. The Bertz CT molecular complexity index is 1740. The minimum absolute atomic E-state index is 0.0391. The lowest BCUT2D eigenvalue weighted by molar-refractivity contribution is -0.141. The number of hydrogen-bond acceptors (Lipinski definition) is 6. The zero-order valence-electron chi connectivity index (χ0n) is 20.6. The van der Waals surface area contributed by atoms with Crippen LogP contribution in [0.1, 0.15) is 28.9 Å². The van der Waals surface area contributed by atoms with Crippen LogP contribution in [-0.4, -0.2) is 64.3 Å². The third kappa shape index (κ3) is 4.53. The Morgan fingerprint density at radius 1 is 1.07 bits per heavy atom. The van der Waals surface area contributed by atoms with Crippen molar-refractivity contribution in [1.82, 2.24) is 34.0 Å². The molecule has 1 amide bonds. The van der Waals surface area contributed by atoms with Gasteiger partial charge in [0.2, 0.25) is 0 Å². The first kappa shape index (κ1) is 25.8. The number of alkyl halides is 3. The van der Waals surface area contributed by atoms with Crippen molar-refractivity contribution in [3.05, 3.63) is 78.1 Å². The van der Waals surface area contributed by atoms with Crippen LogP contribution in [0.2, 0.25) is 0 Å². The molecule has 0 atom stereocenters. The lowest BCUT2D eigenvalue weighted by Crippen LogP contribution is -2.45. The molecule has 206 valence electrons. The summed E-state index contributed by atoms with van der Waals surface area (Å²) < 4.78 is 70.2. The number of aromatic nitrogens is 6. The van der Waals surface area contributed by atoms with Crippen LogP contribution in [0.15, 0.2) is 55.2 Å². The summed E-state index contributed by atoms with van der Waals surface area (Å²) in [7, 11) is 0. The number of hydrogen-bond donors (Lipinski definition) is 1. The molecule has 1 fully saturated rings. The molecule has 5 aromatic heterocycles. The van der Waals surface area contributed by atoms with E-state index in [1.54, 1.807) is 24.5 Å². The van der Waals surface area contributed by atoms with Gasteiger partial charge in [0.25, 0.3) is 5.91 Å². The molecule has 0 aromatic carbocycles. The largest absolute Gasteiger partial charge is 0.408 e. The highest BCUT2D eigenvalue weighted by Gasteiger charge is 2.36. The summed E-state index contributed by atoms with van der Waals surface area (Å²) in [5.74, 6) is -2.38. The van der Waals surface area contributed by atoms with E-state index in [1.807, 2.05) is 0 Å². The molecular weight excluding hydrogens is 537 g/mol. The number of halogens is 5. The molecule has 1 saturated heterocycles. The van der Waals surface area contributed by atoms with E-state index in [9.17, 15) is 31.9 Å². The second kappa shape index (κ2) is 9.33. The Hall–Kier alpha value is -4.46. The average molecular weight is 557 g/mol. The van der Waals surface area contributed by atoms with Gasteiger partial charge in [-0.25, -0.2) is 13.8 Å². The minimum Gasteiger partial charge on any atom is -0.385 e. The molecule has 5 aromatic rings. The number of nitrogens with zero attached hydrogens (tertiary/aromatic N) is 7. The molecule has 6 rings (SSSR count). The van der Waals surface area contributed by atoms with Crippen LogP contribution in [-0.2, 0) is 12.1 Å². The lowest BCUT2D eigenvalue weighted by Gasteiger charge is -2.38. The first-order valence-corrected chi connectivity index (χ1v) is 12.2. The van der Waals surface area contributed by atoms with Gasteiger partial charge in [0, 0.05) is 54.9 Å². The Labute approximate surface area is 222 Å². The summed E-state index contributed by atoms with van der Waals surface area (Å²) in [6.07, 6.45) is 2.33. The van der Waals surface area contributed by atoms with Gasteiger partial charge in [-0.3, -0.25) is 23.8 Å². The predicted octanol–water partition coefficient (Wildman–Crippen LogP) is 4.11. The summed E-state index contributed by atoms with van der Waals surface area (Å²) in [6.45, 7) is -1.09. The molecule has 9 nitrogen and oxygen atoms in total. The summed E-state index contributed by atoms with van der Waals surface area (Å²) >= 11 is 0. The van der Waals surface area contributed by atoms with Crippen LogP contribution in [0.4, 0.5) is 22.0 Å². The summed E-state index contributed by atoms with van der Waals surface area (Å²) in [6, 6.07) is 5.32. The number of rotatable bonds is 4. The third-order valence-electron chi connectivity index (χ3n) is 7.03. The summed E-state index contributed by atoms with van der Waals surface area (Å²) in [5, 5.41) is 15.3. The fraction of sp³-hybridized carbons (Fsp3) is 0.269. The van der Waals surface area contributed by atoms with Crippen molar-refractivity contribution in [2.45, 2.75) is 31.2 Å². The highest BCUT2D eigenvalue weighted by Crippen LogP contribution is 2.34. The van der Waals surface area contributed by atoms with Gasteiger partial charge >= 0.3 is 6.18 Å². The second-order valence-electron chi connectivity index (χ2n) is 9.62. The average Bonchev–Trinajstić information content (AvgIpc) is 3.49. The quantitative estimate of drug-likeness (QED) is 0.334. The van der Waals surface area contributed by atoms with Crippen molar-refractivity contribution < 1.29 is 31.9 Å². The molecule has 0 radical (unpaired) electrons. The zero-order valence-corrected chi connectivity index (χ0v) is 20.6. The number of aliphatic hydroxyl groups is 1. The van der Waals surface area contributed by atoms with Crippen LogP contribution in [0.25, 0.3) is 27.9 Å². The predicted molar refractivity (Wildman–Crippen MR) is 131 cm³/mol. The van der Waals surface area contributed by atoms with Crippen LogP contribution in [0.5, 0.6) is 0 Å². The van der Waals surface area contributed by atoms with Crippen LogP contribution in [0.3, 0.4) is 0 Å². The van der Waals surface area contributed by atoms with E-state index >= 15 is 0 Å². The van der Waals surface area contributed by atoms with Gasteiger partial charge in [0.1, 0.15) is 23.7 Å². The summed E-state index contributed by atoms with van der Waals surface area (Å²) in [5.41, 5.74) is -0.891. The maximum atomic E-state index is 14.2. The third-order valence-corrected chi connectivity index (χ3v) is 7.03. The van der Waals surface area contributed by atoms with Crippen molar-refractivity contribution in [3.8, 4) is 11.4 Å². The highest BCUT2D eigenvalue weighted by molar-refractivity contribution is 5.99. The first-order valence-electron chi connectivity index (χ1n) is 12.2. The number of pyridine rings is 3. The van der Waals surface area contributed by atoms with E-state index in [0.29, 0.717) is 16.3 Å². The van der Waals surface area contributed by atoms with E-state index in [2.05, 4.69) is 20.1 Å². The normalized spacial score (nSPS) is 15.7. The van der Waals surface area contributed by atoms with Crippen molar-refractivity contribution in [1.29, 1.82) is 0 Å². The van der Waals surface area contributed by atoms with E-state index < -0.39 is 35.9 Å². The fourth-order valence-electron chi connectivity index (χ4n) is 5.02. The number of likely N-dealkylation sites (tertiary alicyclic amines) is 1. The highest BCUT2D eigenvalue weighted by atomic mass is 19.4. The number of imidazole rings is 1. The summed E-state index contributed by atoms with van der Waals surface area (Å²) in [4.78, 5) is 26.9. The van der Waals surface area contributed by atoms with Crippen molar-refractivity contribution in [2.75, 3.05) is 13.1 Å². The Kier molecular flexibility index (Phi) is 6.02. The van der Waals surface area contributed by atoms with Crippen molar-refractivity contribution in [2.24, 2.45) is 0 Å². The number of piperidine rings is 1. The van der Waals surface area contributed by atoms with Gasteiger partial charge < -0.3 is 10.0 Å². The second-order valence-corrected chi connectivity index (χ2v) is 9.62. The number of carbonyl (C=O) groups is 1. The molecule has 6 heterocycles. The molecule has 0 saturated carbocycles. The van der Waals surface area contributed by atoms with Crippen LogP contribution < -0.4 is 0 Å². The maximum Gasteiger partial charge on any atom is 0.408 e. The first-order chi connectivity index (χ1) is 19.0. The van der Waals surface area contributed by atoms with Gasteiger partial charge in [-0.1, -0.05) is 6.07 Å². The van der Waals surface area contributed by atoms with E-state index in [4.69, 9.17) is 0 Å². The fourth-order valence-corrected chi connectivity index (χ4v) is 5.02. The van der Waals surface area contributed by atoms with Gasteiger partial charge in [0.05, 0.1) is 23.0 Å². The standard InChI is InChI=1S/C26H20F5N7O2/c27-16-8-18(28)23-34-12-21(37(23)13-16)22-17-11-33-19(9-20(17)38(35-22)14-26(29,30)31)24(39)36-6-3-25(40,4-7-36)15-2-1-5-32-10-15/h1-2,5,8-13,40H,3-4,6-7,14H2. The molecular formula is C26H20F5N7O2. The molecule has 0 aliphatic carbocycles. The lowest BCUT2D eigenvalue weighted by atomic mass is 9.85. The van der Waals surface area contributed by atoms with Gasteiger partial charge in [-0.15, -0.1) is 0 Å². The Balaban J connectivity index is 1.36. The van der Waals surface area contributed by atoms with Crippen LogP contribution >= 0.6 is 0 Å². The monoisotopic (exact) mass is 557 g/mol. The van der Waals surface area contributed by atoms with E-state index in [-0.39, 0.29) is 59.6 Å². The topological polar surface area (TPSA) is 101 Å². The van der Waals surface area contributed by atoms with E-state index in [1.165, 1.54) is 23.4 Å². The molecule has 40 heavy (non-hydrogen) atoms. The van der Waals surface area contributed by atoms with Gasteiger partial charge in [0.15, 0.2) is 11.5 Å².